The molecule has 1 amide bonds. The Morgan fingerprint density at radius 1 is 1.00 bits per heavy atom. The fourth-order valence-corrected chi connectivity index (χ4v) is 4.68. The Balaban J connectivity index is 0.00000423. The van der Waals surface area contributed by atoms with E-state index in [1.807, 2.05) is 54.1 Å². The van der Waals surface area contributed by atoms with Gasteiger partial charge in [0.2, 0.25) is 0 Å². The minimum absolute atomic E-state index is 0. The summed E-state index contributed by atoms with van der Waals surface area (Å²) in [6, 6.07) is 25.9. The van der Waals surface area contributed by atoms with E-state index in [0.717, 1.165) is 28.3 Å². The average molecular weight is 598 g/mol. The number of nitrogens with two attached hydrogens (primary N) is 1. The molecule has 2 heterocycles. The highest BCUT2D eigenvalue weighted by atomic mass is 35.5. The Labute approximate surface area is 255 Å². The summed E-state index contributed by atoms with van der Waals surface area (Å²) < 4.78 is 7.05. The number of amides is 1. The summed E-state index contributed by atoms with van der Waals surface area (Å²) in [6.45, 7) is 2.16. The summed E-state index contributed by atoms with van der Waals surface area (Å²) in [5, 5.41) is 11.0. The van der Waals surface area contributed by atoms with Crippen LogP contribution in [0.3, 0.4) is 0 Å². The lowest BCUT2D eigenvalue weighted by Crippen LogP contribution is -2.34. The Morgan fingerprint density at radius 3 is 2.42 bits per heavy atom. The monoisotopic (exact) mass is 597 g/mol. The normalized spacial score (nSPS) is 10.6. The van der Waals surface area contributed by atoms with E-state index >= 15 is 0 Å². The van der Waals surface area contributed by atoms with Crippen molar-refractivity contribution in [3.05, 3.63) is 102 Å². The molecule has 0 fully saturated rings. The molecule has 0 radical (unpaired) electrons. The van der Waals surface area contributed by atoms with Crippen LogP contribution in [-0.4, -0.2) is 45.4 Å². The highest BCUT2D eigenvalue weighted by Gasteiger charge is 2.22. The van der Waals surface area contributed by atoms with Gasteiger partial charge in [-0.1, -0.05) is 18.2 Å². The lowest BCUT2D eigenvalue weighted by molar-refractivity contribution is -0.142. The number of nitrogens with zero attached hydrogens (tertiary/aromatic N) is 4. The SMILES string of the molecule is CCOC(=O)CCN(C(=O)c1ccc2c(c1)nc(-c1ccccc1Nc1ccc(C(=N)N)cc1)n2C)c1ccccn1.Cl. The highest BCUT2D eigenvalue weighted by Crippen LogP contribution is 2.32. The van der Waals surface area contributed by atoms with Gasteiger partial charge in [-0.25, -0.2) is 9.97 Å². The third kappa shape index (κ3) is 6.82. The van der Waals surface area contributed by atoms with Crippen LogP contribution in [0.4, 0.5) is 17.2 Å². The van der Waals surface area contributed by atoms with Crippen molar-refractivity contribution < 1.29 is 14.3 Å². The standard InChI is InChI=1S/C32H31N7O3.ClH/c1-3-42-29(40)17-19-39(28-10-6-7-18-35-28)32(41)22-13-16-27-26(20-22)37-31(38(27)2)24-8-4-5-9-25(24)36-23-14-11-21(12-15-23)30(33)34;/h4-16,18,20,36H,3,17,19H2,1-2H3,(H3,33,34);1H. The number of esters is 1. The van der Waals surface area contributed by atoms with Crippen LogP contribution < -0.4 is 16.0 Å². The van der Waals surface area contributed by atoms with Gasteiger partial charge < -0.3 is 20.4 Å². The van der Waals surface area contributed by atoms with E-state index in [0.29, 0.717) is 22.5 Å². The number of benzene rings is 3. The van der Waals surface area contributed by atoms with Crippen molar-refractivity contribution in [3.8, 4) is 11.4 Å². The summed E-state index contributed by atoms with van der Waals surface area (Å²) >= 11 is 0. The van der Waals surface area contributed by atoms with Gasteiger partial charge in [-0.05, 0) is 73.7 Å². The number of amidine groups is 1. The van der Waals surface area contributed by atoms with Gasteiger partial charge in [-0.3, -0.25) is 19.9 Å². The zero-order valence-electron chi connectivity index (χ0n) is 23.8. The van der Waals surface area contributed by atoms with Crippen LogP contribution in [0.15, 0.2) is 91.1 Å². The molecule has 4 N–H and O–H groups in total. The number of nitrogen functional groups attached to an aromatic ring is 1. The molecular formula is C32H32ClN7O3. The Bertz CT molecular complexity index is 1750. The predicted molar refractivity (Wildman–Crippen MR) is 171 cm³/mol. The molecule has 0 aliphatic rings. The number of ether oxygens (including phenoxy) is 1. The highest BCUT2D eigenvalue weighted by molar-refractivity contribution is 6.07. The van der Waals surface area contributed by atoms with Crippen molar-refractivity contribution in [1.82, 2.24) is 14.5 Å². The van der Waals surface area contributed by atoms with Gasteiger partial charge in [-0.2, -0.15) is 0 Å². The van der Waals surface area contributed by atoms with E-state index < -0.39 is 0 Å². The number of para-hydroxylation sites is 1. The Morgan fingerprint density at radius 2 is 1.72 bits per heavy atom. The number of aromatic nitrogens is 3. The van der Waals surface area contributed by atoms with Gasteiger partial charge in [0.15, 0.2) is 0 Å². The molecule has 0 atom stereocenters. The van der Waals surface area contributed by atoms with Crippen LogP contribution in [0.5, 0.6) is 0 Å². The van der Waals surface area contributed by atoms with Crippen LogP contribution in [-0.2, 0) is 16.6 Å². The first kappa shape index (κ1) is 30.7. The third-order valence-corrected chi connectivity index (χ3v) is 6.79. The van der Waals surface area contributed by atoms with Crippen molar-refractivity contribution in [2.24, 2.45) is 12.8 Å². The second-order valence-electron chi connectivity index (χ2n) is 9.56. The first-order chi connectivity index (χ1) is 20.4. The molecule has 0 unspecified atom stereocenters. The van der Waals surface area contributed by atoms with Crippen molar-refractivity contribution in [1.29, 1.82) is 5.41 Å². The van der Waals surface area contributed by atoms with Gasteiger partial charge in [-0.15, -0.1) is 12.4 Å². The number of hydrogen-bond acceptors (Lipinski definition) is 7. The van der Waals surface area contributed by atoms with Crippen molar-refractivity contribution in [3.63, 3.8) is 0 Å². The van der Waals surface area contributed by atoms with E-state index in [4.69, 9.17) is 20.9 Å². The Kier molecular flexibility index (Phi) is 9.74. The number of imidazole rings is 1. The number of anilines is 3. The fourth-order valence-electron chi connectivity index (χ4n) is 4.68. The number of aryl methyl sites for hydroxylation is 1. The molecule has 2 aromatic heterocycles. The summed E-state index contributed by atoms with van der Waals surface area (Å²) in [6.07, 6.45) is 1.66. The lowest BCUT2D eigenvalue weighted by Gasteiger charge is -2.21. The molecular weight excluding hydrogens is 566 g/mol. The first-order valence-electron chi connectivity index (χ1n) is 13.5. The second-order valence-corrected chi connectivity index (χ2v) is 9.56. The van der Waals surface area contributed by atoms with Crippen molar-refractivity contribution >= 4 is 58.3 Å². The number of carbonyl (C=O) groups excluding carboxylic acids is 2. The molecule has 0 aliphatic heterocycles. The van der Waals surface area contributed by atoms with E-state index in [1.165, 1.54) is 4.90 Å². The molecule has 220 valence electrons. The number of nitrogens with one attached hydrogen (secondary N) is 2. The van der Waals surface area contributed by atoms with E-state index in [2.05, 4.69) is 10.3 Å². The summed E-state index contributed by atoms with van der Waals surface area (Å²) in [5.74, 6) is 0.523. The van der Waals surface area contributed by atoms with Gasteiger partial charge in [0.05, 0.1) is 24.1 Å². The van der Waals surface area contributed by atoms with E-state index in [-0.39, 0.29) is 49.7 Å². The smallest absolute Gasteiger partial charge is 0.307 e. The van der Waals surface area contributed by atoms with Gasteiger partial charge in [0.1, 0.15) is 17.5 Å². The summed E-state index contributed by atoms with van der Waals surface area (Å²) in [5.41, 5.74) is 10.8. The van der Waals surface area contributed by atoms with Crippen LogP contribution >= 0.6 is 12.4 Å². The average Bonchev–Trinajstić information content (AvgIpc) is 3.33. The summed E-state index contributed by atoms with van der Waals surface area (Å²) in [4.78, 5) is 36.5. The number of hydrogen-bond donors (Lipinski definition) is 3. The number of pyridine rings is 1. The number of rotatable bonds is 10. The number of halogens is 1. The minimum Gasteiger partial charge on any atom is -0.466 e. The first-order valence-corrected chi connectivity index (χ1v) is 13.5. The zero-order valence-corrected chi connectivity index (χ0v) is 24.6. The molecule has 5 aromatic rings. The van der Waals surface area contributed by atoms with Crippen molar-refractivity contribution in [2.45, 2.75) is 13.3 Å². The van der Waals surface area contributed by atoms with E-state index in [1.54, 1.807) is 55.6 Å². The number of carbonyl (C=O) groups is 2. The molecule has 11 heteroatoms. The molecule has 0 saturated heterocycles. The lowest BCUT2D eigenvalue weighted by atomic mass is 10.1. The maximum Gasteiger partial charge on any atom is 0.307 e. The molecule has 5 rings (SSSR count). The third-order valence-electron chi connectivity index (χ3n) is 6.79. The maximum atomic E-state index is 13.7. The van der Waals surface area contributed by atoms with Gasteiger partial charge in [0.25, 0.3) is 5.91 Å². The molecule has 0 aliphatic carbocycles. The second kappa shape index (κ2) is 13.6. The molecule has 0 bridgehead atoms. The fraction of sp³-hybridized carbons (Fsp3) is 0.156. The summed E-state index contributed by atoms with van der Waals surface area (Å²) in [7, 11) is 1.93. The van der Waals surface area contributed by atoms with Crippen LogP contribution in [0, 0.1) is 5.41 Å². The topological polar surface area (TPSA) is 139 Å². The largest absolute Gasteiger partial charge is 0.466 e. The molecule has 0 spiro atoms. The van der Waals surface area contributed by atoms with Gasteiger partial charge in [0, 0.05) is 47.9 Å². The van der Waals surface area contributed by atoms with Crippen LogP contribution in [0.1, 0.15) is 29.3 Å². The maximum absolute atomic E-state index is 13.7. The minimum atomic E-state index is -0.377. The quantitative estimate of drug-likeness (QED) is 0.107. The zero-order chi connectivity index (χ0) is 29.6. The predicted octanol–water partition coefficient (Wildman–Crippen LogP) is 5.68. The van der Waals surface area contributed by atoms with E-state index in [9.17, 15) is 9.59 Å². The van der Waals surface area contributed by atoms with Gasteiger partial charge >= 0.3 is 5.97 Å². The molecule has 10 nitrogen and oxygen atoms in total. The van der Waals surface area contributed by atoms with Crippen LogP contribution in [0.25, 0.3) is 22.4 Å². The number of fused-ring (bicyclic) bond motifs is 1. The Hall–Kier alpha value is -5.22. The van der Waals surface area contributed by atoms with Crippen LogP contribution in [0.2, 0.25) is 0 Å². The molecule has 0 saturated carbocycles. The van der Waals surface area contributed by atoms with Crippen molar-refractivity contribution in [2.75, 3.05) is 23.4 Å². The molecule has 3 aromatic carbocycles. The molecule has 43 heavy (non-hydrogen) atoms.